The fourth-order valence-corrected chi connectivity index (χ4v) is 4.74. The molecule has 3 rings (SSSR count). The molecule has 2 fully saturated rings. The Morgan fingerprint density at radius 1 is 1.30 bits per heavy atom. The number of sulfonamides is 1. The fourth-order valence-electron chi connectivity index (χ4n) is 3.30. The molecule has 0 spiro atoms. The second-order valence-corrected chi connectivity index (χ2v) is 8.56. The Hall–Kier alpha value is -1.68. The van der Waals surface area contributed by atoms with Gasteiger partial charge in [-0.05, 0) is 51.1 Å². The molecule has 9 heteroatoms. The lowest BCUT2D eigenvalue weighted by Gasteiger charge is -2.26. The monoisotopic (exact) mass is 397 g/mol. The van der Waals surface area contributed by atoms with Gasteiger partial charge in [-0.15, -0.1) is 0 Å². The standard InChI is InChI=1S/C18H27N3O5S/c1-2-26-17-4-3-15(27(23,24)21-9-11-25-12-10-21)13-16(17)20-18(22)14-5-7-19-8-6-14/h3-4,13-14,19H,2,5-12H2,1H3,(H,20,22). The predicted molar refractivity (Wildman–Crippen MR) is 101 cm³/mol. The Bertz CT molecular complexity index is 756. The zero-order valence-corrected chi connectivity index (χ0v) is 16.4. The number of ether oxygens (including phenoxy) is 2. The minimum absolute atomic E-state index is 0.0831. The zero-order valence-electron chi connectivity index (χ0n) is 15.6. The van der Waals surface area contributed by atoms with E-state index < -0.39 is 10.0 Å². The highest BCUT2D eigenvalue weighted by Gasteiger charge is 2.28. The number of anilines is 1. The van der Waals surface area contributed by atoms with Crippen LogP contribution in [-0.2, 0) is 19.6 Å². The van der Waals surface area contributed by atoms with Crippen LogP contribution in [0.4, 0.5) is 5.69 Å². The van der Waals surface area contributed by atoms with Crippen LogP contribution in [0.5, 0.6) is 5.75 Å². The van der Waals surface area contributed by atoms with E-state index in [1.54, 1.807) is 6.07 Å². The van der Waals surface area contributed by atoms with Gasteiger partial charge in [-0.25, -0.2) is 8.42 Å². The molecule has 27 heavy (non-hydrogen) atoms. The topological polar surface area (TPSA) is 97.0 Å². The third-order valence-corrected chi connectivity index (χ3v) is 6.72. The van der Waals surface area contributed by atoms with Crippen molar-refractivity contribution in [3.8, 4) is 5.75 Å². The van der Waals surface area contributed by atoms with Crippen LogP contribution in [0.2, 0.25) is 0 Å². The first-order valence-corrected chi connectivity index (χ1v) is 10.8. The third kappa shape index (κ3) is 4.78. The normalized spacial score (nSPS) is 19.6. The quantitative estimate of drug-likeness (QED) is 0.745. The summed E-state index contributed by atoms with van der Waals surface area (Å²) in [7, 11) is -3.64. The first-order valence-electron chi connectivity index (χ1n) is 9.38. The molecule has 0 atom stereocenters. The van der Waals surface area contributed by atoms with Gasteiger partial charge in [-0.3, -0.25) is 4.79 Å². The largest absolute Gasteiger partial charge is 0.492 e. The number of benzene rings is 1. The summed E-state index contributed by atoms with van der Waals surface area (Å²) >= 11 is 0. The van der Waals surface area contributed by atoms with Crippen molar-refractivity contribution < 1.29 is 22.7 Å². The second-order valence-electron chi connectivity index (χ2n) is 6.62. The first-order chi connectivity index (χ1) is 13.0. The van der Waals surface area contributed by atoms with Crippen LogP contribution in [0, 0.1) is 5.92 Å². The van der Waals surface area contributed by atoms with Crippen molar-refractivity contribution in [2.24, 2.45) is 5.92 Å². The summed E-state index contributed by atoms with van der Waals surface area (Å²) < 4.78 is 38.0. The maximum atomic E-state index is 12.9. The van der Waals surface area contributed by atoms with Gasteiger partial charge in [0.25, 0.3) is 0 Å². The van der Waals surface area contributed by atoms with Crippen LogP contribution in [0.3, 0.4) is 0 Å². The molecule has 0 unspecified atom stereocenters. The molecule has 1 aromatic carbocycles. The maximum Gasteiger partial charge on any atom is 0.243 e. The van der Waals surface area contributed by atoms with Crippen LogP contribution in [0.15, 0.2) is 23.1 Å². The van der Waals surface area contributed by atoms with Crippen molar-refractivity contribution in [2.45, 2.75) is 24.7 Å². The van der Waals surface area contributed by atoms with Gasteiger partial charge in [-0.1, -0.05) is 0 Å². The van der Waals surface area contributed by atoms with Crippen molar-refractivity contribution in [3.63, 3.8) is 0 Å². The van der Waals surface area contributed by atoms with E-state index in [4.69, 9.17) is 9.47 Å². The van der Waals surface area contributed by atoms with Crippen LogP contribution < -0.4 is 15.4 Å². The van der Waals surface area contributed by atoms with Crippen LogP contribution in [0.25, 0.3) is 0 Å². The van der Waals surface area contributed by atoms with E-state index >= 15 is 0 Å². The van der Waals surface area contributed by atoms with Crippen molar-refractivity contribution in [3.05, 3.63) is 18.2 Å². The third-order valence-electron chi connectivity index (χ3n) is 4.83. The lowest BCUT2D eigenvalue weighted by Crippen LogP contribution is -2.40. The molecular formula is C18H27N3O5S. The minimum Gasteiger partial charge on any atom is -0.492 e. The molecule has 2 heterocycles. The lowest BCUT2D eigenvalue weighted by atomic mass is 9.97. The van der Waals surface area contributed by atoms with Gasteiger partial charge < -0.3 is 20.1 Å². The van der Waals surface area contributed by atoms with Crippen LogP contribution in [-0.4, -0.2) is 64.6 Å². The number of carbonyl (C=O) groups is 1. The molecule has 1 amide bonds. The van der Waals surface area contributed by atoms with Crippen molar-refractivity contribution >= 4 is 21.6 Å². The molecule has 2 N–H and O–H groups in total. The highest BCUT2D eigenvalue weighted by molar-refractivity contribution is 7.89. The maximum absolute atomic E-state index is 12.9. The number of amides is 1. The SMILES string of the molecule is CCOc1ccc(S(=O)(=O)N2CCOCC2)cc1NC(=O)C1CCNCC1. The van der Waals surface area contributed by atoms with Gasteiger partial charge in [0.15, 0.2) is 0 Å². The summed E-state index contributed by atoms with van der Waals surface area (Å²) in [6.07, 6.45) is 1.53. The van der Waals surface area contributed by atoms with Gasteiger partial charge in [-0.2, -0.15) is 4.31 Å². The Kier molecular flexibility index (Phi) is 6.69. The molecule has 0 aliphatic carbocycles. The Balaban J connectivity index is 1.84. The van der Waals surface area contributed by atoms with E-state index in [0.717, 1.165) is 25.9 Å². The summed E-state index contributed by atoms with van der Waals surface area (Å²) in [5.41, 5.74) is 0.398. The molecule has 0 aromatic heterocycles. The van der Waals surface area contributed by atoms with Gasteiger partial charge in [0.2, 0.25) is 15.9 Å². The molecule has 0 bridgehead atoms. The summed E-state index contributed by atoms with van der Waals surface area (Å²) in [6, 6.07) is 4.62. The van der Waals surface area contributed by atoms with Gasteiger partial charge in [0.1, 0.15) is 5.75 Å². The minimum atomic E-state index is -3.64. The van der Waals surface area contributed by atoms with Gasteiger partial charge in [0, 0.05) is 19.0 Å². The van der Waals surface area contributed by atoms with Crippen molar-refractivity contribution in [1.82, 2.24) is 9.62 Å². The number of hydrogen-bond acceptors (Lipinski definition) is 6. The molecule has 2 aliphatic rings. The lowest BCUT2D eigenvalue weighted by molar-refractivity contribution is -0.120. The molecule has 0 radical (unpaired) electrons. The number of hydrogen-bond donors (Lipinski definition) is 2. The molecular weight excluding hydrogens is 370 g/mol. The smallest absolute Gasteiger partial charge is 0.243 e. The molecule has 150 valence electrons. The highest BCUT2D eigenvalue weighted by Crippen LogP contribution is 2.30. The number of nitrogens with one attached hydrogen (secondary N) is 2. The van der Waals surface area contributed by atoms with E-state index in [-0.39, 0.29) is 16.7 Å². The van der Waals surface area contributed by atoms with Crippen molar-refractivity contribution in [2.75, 3.05) is 51.3 Å². The average molecular weight is 397 g/mol. The Morgan fingerprint density at radius 2 is 2.00 bits per heavy atom. The van der Waals surface area contributed by atoms with Gasteiger partial charge >= 0.3 is 0 Å². The highest BCUT2D eigenvalue weighted by atomic mass is 32.2. The summed E-state index contributed by atoms with van der Waals surface area (Å²) in [6.45, 7) is 5.30. The Labute approximate surface area is 160 Å². The van der Waals surface area contributed by atoms with E-state index in [1.807, 2.05) is 6.92 Å². The van der Waals surface area contributed by atoms with Crippen molar-refractivity contribution in [1.29, 1.82) is 0 Å². The molecule has 8 nitrogen and oxygen atoms in total. The average Bonchev–Trinajstić information content (AvgIpc) is 2.70. The molecule has 0 saturated carbocycles. The summed E-state index contributed by atoms with van der Waals surface area (Å²) in [5, 5.41) is 6.11. The van der Waals surface area contributed by atoms with Crippen LogP contribution in [0.1, 0.15) is 19.8 Å². The number of piperidine rings is 1. The first kappa shape index (κ1) is 20.1. The fraction of sp³-hybridized carbons (Fsp3) is 0.611. The molecule has 2 aliphatic heterocycles. The predicted octanol–water partition coefficient (Wildman–Crippen LogP) is 1.04. The van der Waals surface area contributed by atoms with Crippen LogP contribution >= 0.6 is 0 Å². The second kappa shape index (κ2) is 9.01. The van der Waals surface area contributed by atoms with E-state index in [9.17, 15) is 13.2 Å². The molecule has 1 aromatic rings. The summed E-state index contributed by atoms with van der Waals surface area (Å²) in [4.78, 5) is 12.8. The number of nitrogens with zero attached hydrogens (tertiary/aromatic N) is 1. The van der Waals surface area contributed by atoms with Gasteiger partial charge in [0.05, 0.1) is 30.4 Å². The number of carbonyl (C=O) groups excluding carboxylic acids is 1. The Morgan fingerprint density at radius 3 is 2.67 bits per heavy atom. The molecule has 2 saturated heterocycles. The number of rotatable bonds is 6. The van der Waals surface area contributed by atoms with E-state index in [2.05, 4.69) is 10.6 Å². The zero-order chi connectivity index (χ0) is 19.3. The summed E-state index contributed by atoms with van der Waals surface area (Å²) in [5.74, 6) is 0.291. The van der Waals surface area contributed by atoms with E-state index in [0.29, 0.717) is 44.3 Å². The number of morpholine rings is 1. The van der Waals surface area contributed by atoms with E-state index in [1.165, 1.54) is 16.4 Å².